The number of rotatable bonds is 4. The summed E-state index contributed by atoms with van der Waals surface area (Å²) in [5.74, 6) is -1.25. The lowest BCUT2D eigenvalue weighted by Gasteiger charge is -2.21. The second kappa shape index (κ2) is 6.37. The van der Waals surface area contributed by atoms with Gasteiger partial charge in [-0.05, 0) is 30.5 Å². The van der Waals surface area contributed by atoms with Crippen LogP contribution in [0.3, 0.4) is 0 Å². The van der Waals surface area contributed by atoms with Crippen molar-refractivity contribution in [1.82, 2.24) is 4.90 Å². The molecule has 0 aromatic heterocycles. The van der Waals surface area contributed by atoms with Crippen LogP contribution in [0.4, 0.5) is 0 Å². The molecule has 1 amide bonds. The van der Waals surface area contributed by atoms with Gasteiger partial charge in [-0.3, -0.25) is 4.79 Å². The Morgan fingerprint density at radius 2 is 1.95 bits per heavy atom. The van der Waals surface area contributed by atoms with E-state index in [-0.39, 0.29) is 5.91 Å². The van der Waals surface area contributed by atoms with Crippen molar-refractivity contribution in [2.45, 2.75) is 31.6 Å². The minimum Gasteiger partial charge on any atom is -0.479 e. The Kier molecular flexibility index (Phi) is 4.55. The predicted molar refractivity (Wildman–Crippen MR) is 73.2 cm³/mol. The molecule has 0 spiro atoms. The standard InChI is InChI=1S/C15H16N2O4/c1-17(9-11-4-2-10(8-16)3-5-11)14(18)12-6-7-13(21-12)15(19)20/h2-5,12-13H,6-7,9H2,1H3,(H,19,20). The third kappa shape index (κ3) is 3.58. The largest absolute Gasteiger partial charge is 0.479 e. The van der Waals surface area contributed by atoms with Gasteiger partial charge in [-0.15, -0.1) is 0 Å². The molecule has 6 heteroatoms. The second-order valence-corrected chi connectivity index (χ2v) is 5.03. The fourth-order valence-electron chi connectivity index (χ4n) is 2.28. The van der Waals surface area contributed by atoms with Crippen molar-refractivity contribution in [3.05, 3.63) is 35.4 Å². The van der Waals surface area contributed by atoms with Crippen molar-refractivity contribution in [3.8, 4) is 6.07 Å². The minimum absolute atomic E-state index is 0.219. The molecule has 0 aliphatic carbocycles. The van der Waals surface area contributed by atoms with Crippen LogP contribution in [-0.4, -0.2) is 41.1 Å². The third-order valence-electron chi connectivity index (χ3n) is 3.45. The van der Waals surface area contributed by atoms with Crippen molar-refractivity contribution in [2.75, 3.05) is 7.05 Å². The van der Waals surface area contributed by atoms with Crippen molar-refractivity contribution < 1.29 is 19.4 Å². The third-order valence-corrected chi connectivity index (χ3v) is 3.45. The number of carboxylic acid groups (broad SMARTS) is 1. The number of nitriles is 1. The minimum atomic E-state index is -1.03. The molecule has 1 aromatic rings. The molecule has 1 N–H and O–H groups in total. The number of hydrogen-bond donors (Lipinski definition) is 1. The second-order valence-electron chi connectivity index (χ2n) is 5.03. The molecule has 2 unspecified atom stereocenters. The van der Waals surface area contributed by atoms with Gasteiger partial charge in [-0.25, -0.2) is 4.79 Å². The van der Waals surface area contributed by atoms with Gasteiger partial charge in [0.25, 0.3) is 5.91 Å². The van der Waals surface area contributed by atoms with Crippen LogP contribution in [-0.2, 0) is 20.9 Å². The van der Waals surface area contributed by atoms with E-state index in [1.807, 2.05) is 6.07 Å². The van der Waals surface area contributed by atoms with Gasteiger partial charge in [0.15, 0.2) is 6.10 Å². The number of carbonyl (C=O) groups is 2. The first kappa shape index (κ1) is 15.0. The Morgan fingerprint density at radius 3 is 2.48 bits per heavy atom. The molecule has 1 aliphatic heterocycles. The predicted octanol–water partition coefficient (Wildman–Crippen LogP) is 1.15. The number of likely N-dealkylation sites (N-methyl/N-ethyl adjacent to an activating group) is 1. The summed E-state index contributed by atoms with van der Waals surface area (Å²) in [7, 11) is 1.65. The van der Waals surface area contributed by atoms with Gasteiger partial charge in [-0.1, -0.05) is 12.1 Å². The SMILES string of the molecule is CN(Cc1ccc(C#N)cc1)C(=O)C1CCC(C(=O)O)O1. The zero-order valence-electron chi connectivity index (χ0n) is 11.7. The van der Waals surface area contributed by atoms with Crippen LogP contribution in [0.1, 0.15) is 24.0 Å². The van der Waals surface area contributed by atoms with Crippen LogP contribution in [0.5, 0.6) is 0 Å². The topological polar surface area (TPSA) is 90.6 Å². The highest BCUT2D eigenvalue weighted by Crippen LogP contribution is 2.22. The fraction of sp³-hybridized carbons (Fsp3) is 0.400. The molecule has 1 aliphatic rings. The highest BCUT2D eigenvalue weighted by atomic mass is 16.5. The Hall–Kier alpha value is -2.39. The van der Waals surface area contributed by atoms with Gasteiger partial charge in [0, 0.05) is 13.6 Å². The molecular formula is C15H16N2O4. The number of benzene rings is 1. The number of aliphatic carboxylic acids is 1. The number of carboxylic acids is 1. The number of carbonyl (C=O) groups excluding carboxylic acids is 1. The van der Waals surface area contributed by atoms with Gasteiger partial charge in [0.2, 0.25) is 0 Å². The molecule has 0 saturated carbocycles. The van der Waals surface area contributed by atoms with Crippen LogP contribution < -0.4 is 0 Å². The van der Waals surface area contributed by atoms with Crippen molar-refractivity contribution in [2.24, 2.45) is 0 Å². The monoisotopic (exact) mass is 288 g/mol. The quantitative estimate of drug-likeness (QED) is 0.897. The Labute approximate surface area is 122 Å². The maximum absolute atomic E-state index is 12.2. The maximum atomic E-state index is 12.2. The van der Waals surface area contributed by atoms with E-state index in [1.54, 1.807) is 31.3 Å². The van der Waals surface area contributed by atoms with E-state index in [0.29, 0.717) is 24.9 Å². The number of hydrogen-bond acceptors (Lipinski definition) is 4. The van der Waals surface area contributed by atoms with E-state index < -0.39 is 18.2 Å². The average Bonchev–Trinajstić information content (AvgIpc) is 2.97. The van der Waals surface area contributed by atoms with E-state index in [0.717, 1.165) is 5.56 Å². The highest BCUT2D eigenvalue weighted by Gasteiger charge is 2.35. The summed E-state index contributed by atoms with van der Waals surface area (Å²) in [5.41, 5.74) is 1.47. The summed E-state index contributed by atoms with van der Waals surface area (Å²) < 4.78 is 5.25. The molecule has 2 atom stereocenters. The fourth-order valence-corrected chi connectivity index (χ4v) is 2.28. The van der Waals surface area contributed by atoms with Crippen LogP contribution in [0, 0.1) is 11.3 Å². The summed E-state index contributed by atoms with van der Waals surface area (Å²) in [6, 6.07) is 9.00. The van der Waals surface area contributed by atoms with Crippen molar-refractivity contribution in [3.63, 3.8) is 0 Å². The lowest BCUT2D eigenvalue weighted by Crippen LogP contribution is -2.36. The molecule has 110 valence electrons. The lowest BCUT2D eigenvalue weighted by atomic mass is 10.1. The first-order valence-electron chi connectivity index (χ1n) is 6.63. The normalized spacial score (nSPS) is 20.8. The summed E-state index contributed by atoms with van der Waals surface area (Å²) in [5, 5.41) is 17.6. The van der Waals surface area contributed by atoms with Gasteiger partial charge in [-0.2, -0.15) is 5.26 Å². The molecule has 21 heavy (non-hydrogen) atoms. The zero-order chi connectivity index (χ0) is 15.4. The maximum Gasteiger partial charge on any atom is 0.332 e. The highest BCUT2D eigenvalue weighted by molar-refractivity contribution is 5.82. The van der Waals surface area contributed by atoms with Gasteiger partial charge in [0.1, 0.15) is 6.10 Å². The van der Waals surface area contributed by atoms with Crippen molar-refractivity contribution in [1.29, 1.82) is 5.26 Å². The molecule has 0 radical (unpaired) electrons. The zero-order valence-corrected chi connectivity index (χ0v) is 11.7. The smallest absolute Gasteiger partial charge is 0.332 e. The summed E-state index contributed by atoms with van der Waals surface area (Å²) >= 11 is 0. The van der Waals surface area contributed by atoms with E-state index in [1.165, 1.54) is 4.90 Å². The molecular weight excluding hydrogens is 272 g/mol. The van der Waals surface area contributed by atoms with E-state index in [9.17, 15) is 9.59 Å². The number of amides is 1. The van der Waals surface area contributed by atoms with Gasteiger partial charge in [0.05, 0.1) is 11.6 Å². The average molecular weight is 288 g/mol. The first-order chi connectivity index (χ1) is 10.0. The summed E-state index contributed by atoms with van der Waals surface area (Å²) in [6.45, 7) is 0.391. The van der Waals surface area contributed by atoms with E-state index in [2.05, 4.69) is 0 Å². The summed E-state index contributed by atoms with van der Waals surface area (Å²) in [6.07, 6.45) is -0.791. The van der Waals surface area contributed by atoms with Gasteiger partial charge >= 0.3 is 5.97 Å². The van der Waals surface area contributed by atoms with Crippen LogP contribution >= 0.6 is 0 Å². The molecule has 1 saturated heterocycles. The Balaban J connectivity index is 1.93. The van der Waals surface area contributed by atoms with E-state index >= 15 is 0 Å². The Morgan fingerprint density at radius 1 is 1.33 bits per heavy atom. The van der Waals surface area contributed by atoms with Crippen LogP contribution in [0.15, 0.2) is 24.3 Å². The summed E-state index contributed by atoms with van der Waals surface area (Å²) in [4.78, 5) is 24.5. The lowest BCUT2D eigenvalue weighted by molar-refractivity contribution is -0.154. The van der Waals surface area contributed by atoms with Crippen LogP contribution in [0.2, 0.25) is 0 Å². The first-order valence-corrected chi connectivity index (χ1v) is 6.63. The Bertz CT molecular complexity index is 576. The number of ether oxygens (including phenoxy) is 1. The van der Waals surface area contributed by atoms with E-state index in [4.69, 9.17) is 15.1 Å². The number of nitrogens with zero attached hydrogens (tertiary/aromatic N) is 2. The van der Waals surface area contributed by atoms with Crippen LogP contribution in [0.25, 0.3) is 0 Å². The molecule has 2 rings (SSSR count). The molecule has 1 fully saturated rings. The molecule has 1 heterocycles. The molecule has 1 aromatic carbocycles. The van der Waals surface area contributed by atoms with Gasteiger partial charge < -0.3 is 14.7 Å². The van der Waals surface area contributed by atoms with Crippen molar-refractivity contribution >= 4 is 11.9 Å². The molecule has 6 nitrogen and oxygen atoms in total. The molecule has 0 bridgehead atoms.